The van der Waals surface area contributed by atoms with E-state index < -0.39 is 13.9 Å². The maximum Gasteiger partial charge on any atom is 0.472 e. The van der Waals surface area contributed by atoms with Crippen molar-refractivity contribution < 1.29 is 32.8 Å². The molecule has 2 unspecified atom stereocenters. The first-order valence-electron chi connectivity index (χ1n) is 12.7. The molecule has 9 heteroatoms. The molecule has 0 aromatic rings. The average Bonchev–Trinajstić information content (AvgIpc) is 2.79. The Morgan fingerprint density at radius 3 is 2.27 bits per heavy atom. The molecule has 0 fully saturated rings. The van der Waals surface area contributed by atoms with Gasteiger partial charge in [-0.1, -0.05) is 70.9 Å². The Bertz CT molecular complexity index is 531. The molecule has 0 amide bonds. The Kier molecular flexibility index (Phi) is 22.5. The quantitative estimate of drug-likeness (QED) is 0.0764. The summed E-state index contributed by atoms with van der Waals surface area (Å²) in [7, 11) is -4.24. The van der Waals surface area contributed by atoms with Gasteiger partial charge in [-0.3, -0.25) is 13.8 Å². The lowest BCUT2D eigenvalue weighted by atomic mass is 10.1. The second-order valence-corrected chi connectivity index (χ2v) is 9.65. The molecule has 0 saturated carbocycles. The van der Waals surface area contributed by atoms with E-state index in [0.29, 0.717) is 13.0 Å². The lowest BCUT2D eigenvalue weighted by Gasteiger charge is -2.20. The van der Waals surface area contributed by atoms with Crippen molar-refractivity contribution in [1.29, 1.82) is 0 Å². The number of carbonyl (C=O) groups is 1. The van der Waals surface area contributed by atoms with E-state index in [2.05, 4.69) is 26.0 Å². The highest BCUT2D eigenvalue weighted by Gasteiger charge is 2.25. The summed E-state index contributed by atoms with van der Waals surface area (Å²) in [5, 5.41) is 0. The Hall–Kier alpha value is -0.760. The van der Waals surface area contributed by atoms with Gasteiger partial charge in [0.15, 0.2) is 0 Å². The third-order valence-electron chi connectivity index (χ3n) is 4.91. The topological polar surface area (TPSA) is 117 Å². The molecule has 8 nitrogen and oxygen atoms in total. The van der Waals surface area contributed by atoms with Crippen molar-refractivity contribution in [3.8, 4) is 0 Å². The number of phosphoric acid groups is 1. The molecule has 33 heavy (non-hydrogen) atoms. The SMILES string of the molecule is CCC/C=C\CCCCCCCCOCC(COP(=O)(O)OCCN)OC(=O)CCCCC. The Morgan fingerprint density at radius 2 is 1.58 bits per heavy atom. The molecule has 3 N–H and O–H groups in total. The first-order valence-corrected chi connectivity index (χ1v) is 14.2. The van der Waals surface area contributed by atoms with Crippen LogP contribution in [0, 0.1) is 0 Å². The van der Waals surface area contributed by atoms with Crippen LogP contribution in [0.2, 0.25) is 0 Å². The lowest BCUT2D eigenvalue weighted by Crippen LogP contribution is -2.28. The summed E-state index contributed by atoms with van der Waals surface area (Å²) in [4.78, 5) is 21.7. The summed E-state index contributed by atoms with van der Waals surface area (Å²) in [6, 6.07) is 0. The molecule has 0 radical (unpaired) electrons. The van der Waals surface area contributed by atoms with Crippen LogP contribution in [0.4, 0.5) is 0 Å². The fraction of sp³-hybridized carbons (Fsp3) is 0.875. The summed E-state index contributed by atoms with van der Waals surface area (Å²) in [5.74, 6) is -0.360. The van der Waals surface area contributed by atoms with Crippen molar-refractivity contribution >= 4 is 13.8 Å². The lowest BCUT2D eigenvalue weighted by molar-refractivity contribution is -0.154. The number of hydrogen-bond donors (Lipinski definition) is 2. The van der Waals surface area contributed by atoms with Gasteiger partial charge in [0, 0.05) is 19.6 Å². The van der Waals surface area contributed by atoms with E-state index in [4.69, 9.17) is 24.3 Å². The van der Waals surface area contributed by atoms with Gasteiger partial charge in [-0.2, -0.15) is 0 Å². The molecule has 0 spiro atoms. The number of nitrogens with two attached hydrogens (primary N) is 1. The molecule has 2 atom stereocenters. The van der Waals surface area contributed by atoms with Gasteiger partial charge < -0.3 is 20.1 Å². The molecule has 0 saturated heterocycles. The summed E-state index contributed by atoms with van der Waals surface area (Å²) < 4.78 is 32.6. The van der Waals surface area contributed by atoms with E-state index in [1.54, 1.807) is 0 Å². The molecule has 0 aliphatic heterocycles. The Balaban J connectivity index is 4.10. The van der Waals surface area contributed by atoms with Crippen LogP contribution in [0.1, 0.15) is 97.3 Å². The van der Waals surface area contributed by atoms with Gasteiger partial charge in [-0.15, -0.1) is 0 Å². The number of hydrogen-bond acceptors (Lipinski definition) is 7. The molecular formula is C24H48NO7P. The molecule has 0 aromatic carbocycles. The van der Waals surface area contributed by atoms with Crippen LogP contribution in [-0.4, -0.2) is 49.9 Å². The molecule has 0 rings (SSSR count). The van der Waals surface area contributed by atoms with Gasteiger partial charge in [0.2, 0.25) is 0 Å². The van der Waals surface area contributed by atoms with E-state index >= 15 is 0 Å². The minimum absolute atomic E-state index is 0.0959. The van der Waals surface area contributed by atoms with E-state index in [9.17, 15) is 14.3 Å². The van der Waals surface area contributed by atoms with Crippen molar-refractivity contribution in [3.05, 3.63) is 12.2 Å². The fourth-order valence-corrected chi connectivity index (χ4v) is 3.82. The number of rotatable bonds is 24. The highest BCUT2D eigenvalue weighted by Crippen LogP contribution is 2.43. The molecule has 0 aliphatic rings. The van der Waals surface area contributed by atoms with Gasteiger partial charge in [-0.25, -0.2) is 4.57 Å². The van der Waals surface area contributed by atoms with Crippen molar-refractivity contribution in [2.24, 2.45) is 5.73 Å². The molecule has 0 aliphatic carbocycles. The van der Waals surface area contributed by atoms with Crippen LogP contribution in [-0.2, 0) is 27.9 Å². The van der Waals surface area contributed by atoms with Crippen LogP contribution >= 0.6 is 7.82 Å². The molecule has 0 aromatic heterocycles. The smallest absolute Gasteiger partial charge is 0.457 e. The van der Waals surface area contributed by atoms with Crippen LogP contribution in [0.5, 0.6) is 0 Å². The zero-order valence-electron chi connectivity index (χ0n) is 20.9. The van der Waals surface area contributed by atoms with Crippen LogP contribution in [0.15, 0.2) is 12.2 Å². The molecule has 196 valence electrons. The summed E-state index contributed by atoms with van der Waals surface area (Å²) in [5.41, 5.74) is 5.27. The predicted molar refractivity (Wildman–Crippen MR) is 132 cm³/mol. The summed E-state index contributed by atoms with van der Waals surface area (Å²) in [6.07, 6.45) is 17.2. The third kappa shape index (κ3) is 22.8. The maximum absolute atomic E-state index is 12.0. The number of phosphoric ester groups is 1. The minimum atomic E-state index is -4.24. The average molecular weight is 494 g/mol. The van der Waals surface area contributed by atoms with E-state index in [1.807, 2.05) is 0 Å². The number of esters is 1. The van der Waals surface area contributed by atoms with Crippen molar-refractivity contribution in [1.82, 2.24) is 0 Å². The van der Waals surface area contributed by atoms with Crippen LogP contribution < -0.4 is 5.73 Å². The molecule has 0 heterocycles. The largest absolute Gasteiger partial charge is 0.472 e. The first-order chi connectivity index (χ1) is 15.9. The van der Waals surface area contributed by atoms with Gasteiger partial charge >= 0.3 is 13.8 Å². The normalized spacial score (nSPS) is 14.4. The third-order valence-corrected chi connectivity index (χ3v) is 5.90. The van der Waals surface area contributed by atoms with Gasteiger partial charge in [0.1, 0.15) is 6.10 Å². The van der Waals surface area contributed by atoms with Gasteiger partial charge in [0.25, 0.3) is 0 Å². The van der Waals surface area contributed by atoms with Crippen molar-refractivity contribution in [2.45, 2.75) is 103 Å². The summed E-state index contributed by atoms with van der Waals surface area (Å²) in [6.45, 7) is 4.64. The van der Waals surface area contributed by atoms with Crippen molar-refractivity contribution in [2.75, 3.05) is 33.0 Å². The molecular weight excluding hydrogens is 445 g/mol. The van der Waals surface area contributed by atoms with E-state index in [-0.39, 0.29) is 32.3 Å². The van der Waals surface area contributed by atoms with Crippen LogP contribution in [0.3, 0.4) is 0 Å². The number of allylic oxidation sites excluding steroid dienone is 2. The standard InChI is InChI=1S/C24H48NO7P/c1-3-5-7-8-9-10-11-12-13-14-16-19-29-21-23(32-24(26)17-15-6-4-2)22-31-33(27,28)30-20-18-25/h7-8,23H,3-6,9-22,25H2,1-2H3,(H,27,28)/b8-7-. The molecule has 0 bridgehead atoms. The zero-order chi connectivity index (χ0) is 24.6. The number of carbonyl (C=O) groups excluding carboxylic acids is 1. The van der Waals surface area contributed by atoms with E-state index in [1.165, 1.54) is 44.9 Å². The zero-order valence-corrected chi connectivity index (χ0v) is 21.8. The van der Waals surface area contributed by atoms with Crippen LogP contribution in [0.25, 0.3) is 0 Å². The fourth-order valence-electron chi connectivity index (χ4n) is 3.05. The monoisotopic (exact) mass is 493 g/mol. The Labute approximate surface area is 201 Å². The second kappa shape index (κ2) is 23.0. The predicted octanol–water partition coefficient (Wildman–Crippen LogP) is 5.67. The summed E-state index contributed by atoms with van der Waals surface area (Å²) >= 11 is 0. The highest BCUT2D eigenvalue weighted by atomic mass is 31.2. The highest BCUT2D eigenvalue weighted by molar-refractivity contribution is 7.47. The van der Waals surface area contributed by atoms with E-state index in [0.717, 1.165) is 32.1 Å². The number of unbranched alkanes of at least 4 members (excludes halogenated alkanes) is 9. The Morgan fingerprint density at radius 1 is 0.879 bits per heavy atom. The minimum Gasteiger partial charge on any atom is -0.457 e. The first kappa shape index (κ1) is 32.2. The van der Waals surface area contributed by atoms with Gasteiger partial charge in [-0.05, 0) is 32.1 Å². The second-order valence-electron chi connectivity index (χ2n) is 8.20. The number of ether oxygens (including phenoxy) is 2. The van der Waals surface area contributed by atoms with Gasteiger partial charge in [0.05, 0.1) is 19.8 Å². The maximum atomic E-state index is 12.0. The van der Waals surface area contributed by atoms with Crippen molar-refractivity contribution in [3.63, 3.8) is 0 Å².